The molecule has 2 aliphatic heterocycles. The van der Waals surface area contributed by atoms with Gasteiger partial charge in [-0.25, -0.2) is 4.79 Å². The number of aromatic nitrogens is 1. The van der Waals surface area contributed by atoms with Gasteiger partial charge in [0.15, 0.2) is 0 Å². The molecule has 0 radical (unpaired) electrons. The van der Waals surface area contributed by atoms with E-state index in [1.165, 1.54) is 4.90 Å². The molecule has 2 saturated heterocycles. The first kappa shape index (κ1) is 20.8. The van der Waals surface area contributed by atoms with Crippen LogP contribution in [0.2, 0.25) is 0 Å². The normalized spacial score (nSPS) is 29.9. The van der Waals surface area contributed by atoms with Gasteiger partial charge >= 0.3 is 5.97 Å². The van der Waals surface area contributed by atoms with E-state index in [0.29, 0.717) is 31.9 Å². The highest BCUT2D eigenvalue weighted by molar-refractivity contribution is 5.91. The predicted molar refractivity (Wildman–Crippen MR) is 107 cm³/mol. The number of nitrogens with one attached hydrogen (secondary N) is 1. The number of carbonyl (C=O) groups excluding carboxylic acids is 2. The summed E-state index contributed by atoms with van der Waals surface area (Å²) in [6.45, 7) is 5.73. The van der Waals surface area contributed by atoms with E-state index in [9.17, 15) is 19.5 Å². The molecule has 2 amide bonds. The fraction of sp³-hybridized carbons (Fsp3) is 0.636. The number of pyridine rings is 1. The Morgan fingerprint density at radius 3 is 2.80 bits per heavy atom. The van der Waals surface area contributed by atoms with Gasteiger partial charge in [-0.3, -0.25) is 14.6 Å². The van der Waals surface area contributed by atoms with Crippen LogP contribution in [0, 0.1) is 23.2 Å². The van der Waals surface area contributed by atoms with Gasteiger partial charge in [-0.15, -0.1) is 0 Å². The monoisotopic (exact) mass is 415 g/mol. The lowest BCUT2D eigenvalue weighted by molar-refractivity contribution is -0.151. The van der Waals surface area contributed by atoms with Crippen LogP contribution in [0.15, 0.2) is 24.4 Å². The Morgan fingerprint density at radius 1 is 1.37 bits per heavy atom. The lowest BCUT2D eigenvalue weighted by atomic mass is 9.99. The number of nitrogens with zero attached hydrogens (tertiary/aromatic N) is 2. The average molecular weight is 415 g/mol. The highest BCUT2D eigenvalue weighted by atomic mass is 16.5. The zero-order valence-corrected chi connectivity index (χ0v) is 17.4. The lowest BCUT2D eigenvalue weighted by Gasteiger charge is -2.31. The highest BCUT2D eigenvalue weighted by Gasteiger charge is 2.69. The maximum Gasteiger partial charge on any atom is 0.326 e. The molecule has 8 heteroatoms. The molecular formula is C22H29N3O5. The van der Waals surface area contributed by atoms with E-state index in [0.717, 1.165) is 6.42 Å². The fourth-order valence-electron chi connectivity index (χ4n) is 5.18. The van der Waals surface area contributed by atoms with Crippen molar-refractivity contribution >= 4 is 17.8 Å². The number of carboxylic acid groups (broad SMARTS) is 1. The first-order chi connectivity index (χ1) is 14.3. The zero-order chi connectivity index (χ0) is 21.5. The van der Waals surface area contributed by atoms with Crippen molar-refractivity contribution in [3.63, 3.8) is 0 Å². The minimum atomic E-state index is -0.979. The second-order valence-electron chi connectivity index (χ2n) is 9.31. The number of ether oxygens (including phenoxy) is 1. The SMILES string of the molecule is CC1(C)[C@@H]2[C@@H](C(=O)O)N(C(=O)C(Cc3ccccn3)NC(=O)CC3CCOC3)C[C@@H]21. The smallest absolute Gasteiger partial charge is 0.326 e. The number of carbonyl (C=O) groups is 3. The third-order valence-electron chi connectivity index (χ3n) is 7.02. The van der Waals surface area contributed by atoms with Gasteiger partial charge in [0, 0.05) is 50.4 Å². The highest BCUT2D eigenvalue weighted by Crippen LogP contribution is 2.64. The molecular weight excluding hydrogens is 386 g/mol. The van der Waals surface area contributed by atoms with E-state index < -0.39 is 18.1 Å². The Morgan fingerprint density at radius 2 is 2.17 bits per heavy atom. The summed E-state index contributed by atoms with van der Waals surface area (Å²) in [6.07, 6.45) is 3.00. The Hall–Kier alpha value is -2.48. The minimum Gasteiger partial charge on any atom is -0.480 e. The van der Waals surface area contributed by atoms with Crippen molar-refractivity contribution in [2.75, 3.05) is 19.8 Å². The van der Waals surface area contributed by atoms with Gasteiger partial charge in [0.2, 0.25) is 11.8 Å². The summed E-state index contributed by atoms with van der Waals surface area (Å²) in [5.74, 6) is -1.23. The summed E-state index contributed by atoms with van der Waals surface area (Å²) >= 11 is 0. The summed E-state index contributed by atoms with van der Waals surface area (Å²) in [5, 5.41) is 12.7. The van der Waals surface area contributed by atoms with Gasteiger partial charge in [0.1, 0.15) is 12.1 Å². The molecule has 3 aliphatic rings. The number of rotatable bonds is 7. The topological polar surface area (TPSA) is 109 Å². The predicted octanol–water partition coefficient (Wildman–Crippen LogP) is 1.10. The maximum atomic E-state index is 13.4. The quantitative estimate of drug-likeness (QED) is 0.690. The van der Waals surface area contributed by atoms with E-state index in [-0.39, 0.29) is 41.4 Å². The second kappa shape index (κ2) is 7.98. The summed E-state index contributed by atoms with van der Waals surface area (Å²) in [7, 11) is 0. The largest absolute Gasteiger partial charge is 0.480 e. The van der Waals surface area contributed by atoms with Crippen molar-refractivity contribution in [1.29, 1.82) is 0 Å². The average Bonchev–Trinajstić information content (AvgIpc) is 3.14. The van der Waals surface area contributed by atoms with E-state index in [4.69, 9.17) is 4.74 Å². The van der Waals surface area contributed by atoms with Crippen LogP contribution in [0.3, 0.4) is 0 Å². The molecule has 4 rings (SSSR count). The number of carboxylic acids is 1. The Balaban J connectivity index is 1.50. The third-order valence-corrected chi connectivity index (χ3v) is 7.02. The number of fused-ring (bicyclic) bond motifs is 1. The molecule has 3 heterocycles. The maximum absolute atomic E-state index is 13.4. The van der Waals surface area contributed by atoms with Crippen LogP contribution in [0.1, 0.15) is 32.4 Å². The van der Waals surface area contributed by atoms with Crippen molar-refractivity contribution < 1.29 is 24.2 Å². The summed E-state index contributed by atoms with van der Waals surface area (Å²) in [6, 6.07) is 3.74. The molecule has 8 nitrogen and oxygen atoms in total. The van der Waals surface area contributed by atoms with Crippen molar-refractivity contribution in [2.24, 2.45) is 23.2 Å². The molecule has 2 N–H and O–H groups in total. The molecule has 3 fully saturated rings. The summed E-state index contributed by atoms with van der Waals surface area (Å²) < 4.78 is 5.33. The van der Waals surface area contributed by atoms with Crippen LogP contribution in [-0.2, 0) is 25.5 Å². The molecule has 1 aliphatic carbocycles. The van der Waals surface area contributed by atoms with Crippen LogP contribution in [0.5, 0.6) is 0 Å². The number of hydrogen-bond acceptors (Lipinski definition) is 5. The summed E-state index contributed by atoms with van der Waals surface area (Å²) in [5.41, 5.74) is 0.610. The van der Waals surface area contributed by atoms with Crippen LogP contribution in [0.4, 0.5) is 0 Å². The van der Waals surface area contributed by atoms with Crippen LogP contribution < -0.4 is 5.32 Å². The van der Waals surface area contributed by atoms with E-state index in [2.05, 4.69) is 24.1 Å². The second-order valence-corrected chi connectivity index (χ2v) is 9.31. The number of aliphatic carboxylic acids is 1. The van der Waals surface area contributed by atoms with Crippen molar-refractivity contribution in [1.82, 2.24) is 15.2 Å². The minimum absolute atomic E-state index is 0.0409. The fourth-order valence-corrected chi connectivity index (χ4v) is 5.18. The summed E-state index contributed by atoms with van der Waals surface area (Å²) in [4.78, 5) is 43.7. The first-order valence-corrected chi connectivity index (χ1v) is 10.6. The third kappa shape index (κ3) is 3.93. The molecule has 5 atom stereocenters. The molecule has 30 heavy (non-hydrogen) atoms. The zero-order valence-electron chi connectivity index (χ0n) is 17.4. The molecule has 1 aromatic heterocycles. The van der Waals surface area contributed by atoms with Gasteiger partial charge in [0.05, 0.1) is 0 Å². The van der Waals surface area contributed by atoms with Crippen LogP contribution in [0.25, 0.3) is 0 Å². The molecule has 0 aromatic carbocycles. The first-order valence-electron chi connectivity index (χ1n) is 10.6. The van der Waals surface area contributed by atoms with Crippen LogP contribution >= 0.6 is 0 Å². The number of hydrogen-bond donors (Lipinski definition) is 2. The number of piperidine rings is 1. The van der Waals surface area contributed by atoms with Gasteiger partial charge in [0.25, 0.3) is 0 Å². The van der Waals surface area contributed by atoms with E-state index >= 15 is 0 Å². The van der Waals surface area contributed by atoms with Crippen molar-refractivity contribution in [2.45, 2.75) is 45.2 Å². The molecule has 2 unspecified atom stereocenters. The number of likely N-dealkylation sites (tertiary alicyclic amines) is 1. The molecule has 0 spiro atoms. The van der Waals surface area contributed by atoms with Crippen molar-refractivity contribution in [3.8, 4) is 0 Å². The Kier molecular flexibility index (Phi) is 5.53. The Labute approximate surface area is 176 Å². The van der Waals surface area contributed by atoms with Gasteiger partial charge in [-0.1, -0.05) is 19.9 Å². The molecule has 162 valence electrons. The van der Waals surface area contributed by atoms with Crippen LogP contribution in [-0.4, -0.2) is 64.6 Å². The lowest BCUT2D eigenvalue weighted by Crippen LogP contribution is -2.54. The standard InChI is InChI=1S/C22H29N3O5/c1-22(2)15-11-25(19(18(15)22)21(28)29)20(27)16(10-14-5-3-4-7-23-14)24-17(26)9-13-6-8-30-12-13/h3-5,7,13,15-16,18-19H,6,8-12H2,1-2H3,(H,24,26)(H,28,29)/t13?,15-,16?,18-,19-/m0/s1. The van der Waals surface area contributed by atoms with Gasteiger partial charge in [-0.05, 0) is 35.8 Å². The van der Waals surface area contributed by atoms with E-state index in [1.807, 2.05) is 6.07 Å². The molecule has 0 bridgehead atoms. The Bertz CT molecular complexity index is 821. The molecule has 1 aromatic rings. The number of amides is 2. The molecule has 1 saturated carbocycles. The van der Waals surface area contributed by atoms with Gasteiger partial charge in [-0.2, -0.15) is 0 Å². The van der Waals surface area contributed by atoms with Gasteiger partial charge < -0.3 is 20.1 Å². The van der Waals surface area contributed by atoms with E-state index in [1.54, 1.807) is 18.3 Å². The van der Waals surface area contributed by atoms with Crippen molar-refractivity contribution in [3.05, 3.63) is 30.1 Å².